The van der Waals surface area contributed by atoms with E-state index < -0.39 is 0 Å². The molecule has 0 radical (unpaired) electrons. The van der Waals surface area contributed by atoms with Crippen LogP contribution in [0.25, 0.3) is 27.5 Å². The smallest absolute Gasteiger partial charge is 0.176 e. The van der Waals surface area contributed by atoms with E-state index in [4.69, 9.17) is 4.74 Å². The molecule has 5 aromatic carbocycles. The first-order chi connectivity index (χ1) is 16.4. The number of para-hydroxylation sites is 5. The Hall–Kier alpha value is -4.50. The Morgan fingerprint density at radius 3 is 1.94 bits per heavy atom. The standard InChI is InChI=1S/C30H20N2O/c1-3-11-21(12-4-1)31(22-13-5-2-6-14-22)27-20-19-24-23-15-7-8-16-25(23)32-26-17-9-10-18-28(26)33-30(27)29(24)32/h1-20H. The molecular weight excluding hydrogens is 404 g/mol. The molecule has 0 aliphatic carbocycles. The second-order valence-corrected chi connectivity index (χ2v) is 8.24. The van der Waals surface area contributed by atoms with Gasteiger partial charge in [0.2, 0.25) is 0 Å². The van der Waals surface area contributed by atoms with Gasteiger partial charge in [-0.15, -0.1) is 0 Å². The van der Waals surface area contributed by atoms with Crippen LogP contribution in [0.3, 0.4) is 0 Å². The van der Waals surface area contributed by atoms with Gasteiger partial charge in [0, 0.05) is 22.1 Å². The zero-order valence-corrected chi connectivity index (χ0v) is 17.8. The molecule has 0 unspecified atom stereocenters. The minimum absolute atomic E-state index is 0.862. The minimum atomic E-state index is 0.862. The number of fused-ring (bicyclic) bond motifs is 5. The predicted octanol–water partition coefficient (Wildman–Crippen LogP) is 8.36. The molecule has 1 aromatic heterocycles. The molecule has 3 nitrogen and oxygen atoms in total. The zero-order chi connectivity index (χ0) is 21.8. The monoisotopic (exact) mass is 424 g/mol. The lowest BCUT2D eigenvalue weighted by Gasteiger charge is -2.30. The summed E-state index contributed by atoms with van der Waals surface area (Å²) >= 11 is 0. The lowest BCUT2D eigenvalue weighted by molar-refractivity contribution is 0.477. The van der Waals surface area contributed by atoms with E-state index in [2.05, 4.69) is 107 Å². The molecule has 0 saturated carbocycles. The number of nitrogens with zero attached hydrogens (tertiary/aromatic N) is 2. The number of rotatable bonds is 3. The summed E-state index contributed by atoms with van der Waals surface area (Å²) in [5.74, 6) is 1.73. The van der Waals surface area contributed by atoms with Crippen LogP contribution >= 0.6 is 0 Å². The first kappa shape index (κ1) is 18.1. The maximum atomic E-state index is 6.67. The molecule has 0 N–H and O–H groups in total. The van der Waals surface area contributed by atoms with Crippen LogP contribution in [0.15, 0.2) is 121 Å². The van der Waals surface area contributed by atoms with Gasteiger partial charge in [0.15, 0.2) is 11.5 Å². The van der Waals surface area contributed by atoms with Crippen molar-refractivity contribution < 1.29 is 4.74 Å². The van der Waals surface area contributed by atoms with Gasteiger partial charge in [0.25, 0.3) is 0 Å². The molecule has 1 aliphatic rings. The quantitative estimate of drug-likeness (QED) is 0.283. The van der Waals surface area contributed by atoms with Crippen LogP contribution in [0.4, 0.5) is 17.1 Å². The van der Waals surface area contributed by atoms with Crippen LogP contribution in [-0.4, -0.2) is 4.57 Å². The Kier molecular flexibility index (Phi) is 3.84. The molecular formula is C30H20N2O. The van der Waals surface area contributed by atoms with E-state index in [0.717, 1.165) is 39.8 Å². The summed E-state index contributed by atoms with van der Waals surface area (Å²) in [6, 6.07) is 42.2. The molecule has 0 atom stereocenters. The third-order valence-corrected chi connectivity index (χ3v) is 6.36. The van der Waals surface area contributed by atoms with Gasteiger partial charge in [-0.3, -0.25) is 0 Å². The number of aromatic nitrogens is 1. The van der Waals surface area contributed by atoms with Crippen molar-refractivity contribution >= 4 is 38.9 Å². The minimum Gasteiger partial charge on any atom is -0.451 e. The third-order valence-electron chi connectivity index (χ3n) is 6.36. The molecule has 156 valence electrons. The average Bonchev–Trinajstić information content (AvgIpc) is 3.23. The van der Waals surface area contributed by atoms with E-state index in [9.17, 15) is 0 Å². The second-order valence-electron chi connectivity index (χ2n) is 8.24. The van der Waals surface area contributed by atoms with Gasteiger partial charge in [-0.2, -0.15) is 0 Å². The number of anilines is 3. The van der Waals surface area contributed by atoms with Gasteiger partial charge in [-0.25, -0.2) is 0 Å². The largest absolute Gasteiger partial charge is 0.451 e. The topological polar surface area (TPSA) is 17.4 Å². The highest BCUT2D eigenvalue weighted by molar-refractivity contribution is 6.14. The molecule has 0 fully saturated rings. The van der Waals surface area contributed by atoms with Crippen molar-refractivity contribution in [3.05, 3.63) is 121 Å². The van der Waals surface area contributed by atoms with Gasteiger partial charge in [-0.05, 0) is 54.6 Å². The van der Waals surface area contributed by atoms with Gasteiger partial charge in [-0.1, -0.05) is 66.7 Å². The van der Waals surface area contributed by atoms with Gasteiger partial charge < -0.3 is 14.2 Å². The molecule has 0 bridgehead atoms. The predicted molar refractivity (Wildman–Crippen MR) is 136 cm³/mol. The molecule has 0 amide bonds. The molecule has 6 aromatic rings. The van der Waals surface area contributed by atoms with Crippen molar-refractivity contribution in [3.8, 4) is 17.2 Å². The number of ether oxygens (including phenoxy) is 1. The van der Waals surface area contributed by atoms with Crippen LogP contribution in [0.2, 0.25) is 0 Å². The zero-order valence-electron chi connectivity index (χ0n) is 17.8. The fraction of sp³-hybridized carbons (Fsp3) is 0. The van der Waals surface area contributed by atoms with Gasteiger partial charge >= 0.3 is 0 Å². The Balaban J connectivity index is 1.60. The summed E-state index contributed by atoms with van der Waals surface area (Å²) in [4.78, 5) is 2.27. The fourth-order valence-corrected chi connectivity index (χ4v) is 4.96. The summed E-state index contributed by atoms with van der Waals surface area (Å²) in [5.41, 5.74) is 6.54. The van der Waals surface area contributed by atoms with E-state index in [-0.39, 0.29) is 0 Å². The third kappa shape index (κ3) is 2.63. The lowest BCUT2D eigenvalue weighted by atomic mass is 10.1. The summed E-state index contributed by atoms with van der Waals surface area (Å²) < 4.78 is 9.02. The molecule has 7 rings (SSSR count). The van der Waals surface area contributed by atoms with Gasteiger partial charge in [0.05, 0.1) is 22.4 Å². The van der Waals surface area contributed by atoms with Crippen molar-refractivity contribution in [2.75, 3.05) is 4.90 Å². The lowest BCUT2D eigenvalue weighted by Crippen LogP contribution is -2.13. The summed E-state index contributed by atoms with van der Waals surface area (Å²) in [5, 5.41) is 2.42. The molecule has 2 heterocycles. The molecule has 0 saturated heterocycles. The van der Waals surface area contributed by atoms with Crippen LogP contribution in [-0.2, 0) is 0 Å². The van der Waals surface area contributed by atoms with Crippen molar-refractivity contribution in [3.63, 3.8) is 0 Å². The summed E-state index contributed by atoms with van der Waals surface area (Å²) in [6.07, 6.45) is 0. The fourth-order valence-electron chi connectivity index (χ4n) is 4.96. The second kappa shape index (κ2) is 7.01. The molecule has 33 heavy (non-hydrogen) atoms. The van der Waals surface area contributed by atoms with Crippen LogP contribution < -0.4 is 9.64 Å². The van der Waals surface area contributed by atoms with Gasteiger partial charge in [0.1, 0.15) is 0 Å². The molecule has 0 spiro atoms. The summed E-state index contributed by atoms with van der Waals surface area (Å²) in [7, 11) is 0. The van der Waals surface area contributed by atoms with Crippen LogP contribution in [0, 0.1) is 0 Å². The molecule has 3 heteroatoms. The van der Waals surface area contributed by atoms with Crippen molar-refractivity contribution in [1.82, 2.24) is 4.57 Å². The van der Waals surface area contributed by atoms with Crippen LogP contribution in [0.1, 0.15) is 0 Å². The normalized spacial score (nSPS) is 11.9. The van der Waals surface area contributed by atoms with E-state index in [1.807, 2.05) is 24.3 Å². The van der Waals surface area contributed by atoms with E-state index in [1.54, 1.807) is 0 Å². The van der Waals surface area contributed by atoms with E-state index in [1.165, 1.54) is 16.3 Å². The van der Waals surface area contributed by atoms with Crippen LogP contribution in [0.5, 0.6) is 11.5 Å². The first-order valence-electron chi connectivity index (χ1n) is 11.1. The highest BCUT2D eigenvalue weighted by Gasteiger charge is 2.28. The summed E-state index contributed by atoms with van der Waals surface area (Å²) in [6.45, 7) is 0. The Bertz CT molecular complexity index is 1600. The Morgan fingerprint density at radius 1 is 0.545 bits per heavy atom. The number of hydrogen-bond donors (Lipinski definition) is 0. The number of hydrogen-bond acceptors (Lipinski definition) is 2. The first-order valence-corrected chi connectivity index (χ1v) is 11.1. The van der Waals surface area contributed by atoms with E-state index >= 15 is 0 Å². The molecule has 1 aliphatic heterocycles. The van der Waals surface area contributed by atoms with Crippen molar-refractivity contribution in [2.45, 2.75) is 0 Å². The Morgan fingerprint density at radius 2 is 1.18 bits per heavy atom. The highest BCUT2D eigenvalue weighted by atomic mass is 16.5. The van der Waals surface area contributed by atoms with Crippen molar-refractivity contribution in [2.24, 2.45) is 0 Å². The van der Waals surface area contributed by atoms with Crippen molar-refractivity contribution in [1.29, 1.82) is 0 Å². The average molecular weight is 425 g/mol. The Labute approximate surface area is 191 Å². The van der Waals surface area contributed by atoms with E-state index in [0.29, 0.717) is 0 Å². The SMILES string of the molecule is c1ccc(N(c2ccccc2)c2ccc3c4ccccc4n4c3c2Oc2ccccc2-4)cc1. The maximum Gasteiger partial charge on any atom is 0.176 e. The maximum absolute atomic E-state index is 6.67. The highest BCUT2D eigenvalue weighted by Crippen LogP contribution is 2.51. The number of benzene rings is 5.